The summed E-state index contributed by atoms with van der Waals surface area (Å²) < 4.78 is 9.25. The number of carbonyl (C=O) groups excluding carboxylic acids is 5. The molecule has 1 aliphatic carbocycles. The van der Waals surface area contributed by atoms with Crippen LogP contribution in [-0.4, -0.2) is 142 Å². The number of ether oxygens (including phenoxy) is 1. The summed E-state index contributed by atoms with van der Waals surface area (Å²) in [5, 5.41) is 26.8. The van der Waals surface area contributed by atoms with Crippen molar-refractivity contribution in [2.24, 2.45) is 11.8 Å². The molecule has 8 aromatic rings. The molecule has 3 aliphatic heterocycles. The molecular formula is C68H75N17O6. The predicted molar refractivity (Wildman–Crippen MR) is 346 cm³/mol. The standard InChI is InChI=1S/C36H41N9O4.C32H34N8O2/c1-35(2,3)49-34(48)44-25-12-13-27(44)20-43(30(46)17-25)26-14-15-29(38-19-26)40-33-39-18-22-16-28(32(47)42(6)7)45(31(22)41-33)24-10-8-23(9-11-24)36(4,5)21-37;1-32(2,19-33)23-7-9-24(10-8-23)40-26(30(42)38(3)4)15-22-16-35-31(37-29(22)40)36-27-12-11-25(17-34-27)39-18-21-6-5-20(13-21)14-28(39)41/h8-11,14-16,18-19,25,27H,12-13,17,20H2,1-7H3,(H,38,39,40,41);7-12,15-17,20-21H,5-6,13-14,18H2,1-4H3,(H,34,35,36,37). The van der Waals surface area contributed by atoms with E-state index in [1.165, 1.54) is 16.2 Å². The van der Waals surface area contributed by atoms with Crippen LogP contribution in [0.1, 0.15) is 126 Å². The van der Waals surface area contributed by atoms with Crippen LogP contribution in [0.15, 0.2) is 110 Å². The van der Waals surface area contributed by atoms with Crippen molar-refractivity contribution in [1.29, 1.82) is 10.5 Å². The zero-order chi connectivity index (χ0) is 64.8. The fraction of sp³-hybridized carbons (Fsp3) is 0.397. The van der Waals surface area contributed by atoms with Crippen molar-refractivity contribution in [3.8, 4) is 23.5 Å². The molecule has 3 saturated heterocycles. The number of amides is 5. The summed E-state index contributed by atoms with van der Waals surface area (Å²) in [7, 11) is 6.80. The third-order valence-corrected chi connectivity index (χ3v) is 17.4. The van der Waals surface area contributed by atoms with Crippen LogP contribution in [0.2, 0.25) is 0 Å². The Morgan fingerprint density at radius 1 is 0.549 bits per heavy atom. The molecular weight excluding hydrogens is 1150 g/mol. The van der Waals surface area contributed by atoms with Gasteiger partial charge in [-0.3, -0.25) is 33.2 Å². The minimum absolute atomic E-state index is 0.0647. The van der Waals surface area contributed by atoms with Crippen molar-refractivity contribution in [1.82, 2.24) is 53.7 Å². The minimum Gasteiger partial charge on any atom is -0.444 e. The van der Waals surface area contributed by atoms with Crippen LogP contribution in [0.5, 0.6) is 0 Å². The third-order valence-electron chi connectivity index (χ3n) is 17.4. The highest BCUT2D eigenvalue weighted by Crippen LogP contribution is 2.39. The molecule has 5 amide bonds. The Hall–Kier alpha value is -10.3. The van der Waals surface area contributed by atoms with Crippen LogP contribution >= 0.6 is 0 Å². The van der Waals surface area contributed by atoms with Crippen LogP contribution in [0, 0.1) is 34.5 Å². The smallest absolute Gasteiger partial charge is 0.410 e. The van der Waals surface area contributed by atoms with E-state index in [4.69, 9.17) is 14.7 Å². The van der Waals surface area contributed by atoms with Gasteiger partial charge in [0.1, 0.15) is 28.6 Å². The second-order valence-electron chi connectivity index (χ2n) is 26.4. The number of nitrogens with one attached hydrogen (secondary N) is 2. The van der Waals surface area contributed by atoms with E-state index in [1.54, 1.807) is 85.5 Å². The summed E-state index contributed by atoms with van der Waals surface area (Å²) in [6.07, 6.45) is 12.2. The lowest BCUT2D eigenvalue weighted by Crippen LogP contribution is -2.45. The van der Waals surface area contributed by atoms with E-state index in [0.29, 0.717) is 87.2 Å². The highest BCUT2D eigenvalue weighted by molar-refractivity contribution is 6.00. The largest absolute Gasteiger partial charge is 0.444 e. The molecule has 4 bridgehead atoms. The van der Waals surface area contributed by atoms with Crippen molar-refractivity contribution in [3.63, 3.8) is 0 Å². The van der Waals surface area contributed by atoms with Gasteiger partial charge >= 0.3 is 6.09 Å². The molecule has 1 saturated carbocycles. The number of pyridine rings is 2. The van der Waals surface area contributed by atoms with Gasteiger partial charge in [0.2, 0.25) is 23.7 Å². The molecule has 23 heteroatoms. The van der Waals surface area contributed by atoms with Crippen LogP contribution in [0.3, 0.4) is 0 Å². The quantitative estimate of drug-likeness (QED) is 0.115. The molecule has 4 atom stereocenters. The monoisotopic (exact) mass is 1230 g/mol. The number of fused-ring (bicyclic) bond motifs is 6. The minimum atomic E-state index is -0.665. The molecule has 6 aromatic heterocycles. The number of nitriles is 2. The fourth-order valence-corrected chi connectivity index (χ4v) is 12.4. The van der Waals surface area contributed by atoms with Gasteiger partial charge in [-0.15, -0.1) is 0 Å². The summed E-state index contributed by atoms with van der Waals surface area (Å²) >= 11 is 0. The fourth-order valence-electron chi connectivity index (χ4n) is 12.4. The second kappa shape index (κ2) is 24.6. The van der Waals surface area contributed by atoms with E-state index >= 15 is 0 Å². The molecule has 2 N–H and O–H groups in total. The van der Waals surface area contributed by atoms with E-state index in [9.17, 15) is 34.5 Å². The third kappa shape index (κ3) is 13.0. The summed E-state index contributed by atoms with van der Waals surface area (Å²) in [5.74, 6) is 2.44. The Bertz CT molecular complexity index is 4190. The summed E-state index contributed by atoms with van der Waals surface area (Å²) in [5.41, 5.74) is 4.66. The number of benzene rings is 2. The summed E-state index contributed by atoms with van der Waals surface area (Å²) in [4.78, 5) is 102. The first-order valence-corrected chi connectivity index (χ1v) is 30.6. The first kappa shape index (κ1) is 62.3. The number of hydrogen-bond donors (Lipinski definition) is 2. The maximum Gasteiger partial charge on any atom is 0.410 e. The number of aromatic nitrogens is 8. The van der Waals surface area contributed by atoms with E-state index in [1.807, 2.05) is 125 Å². The average Bonchev–Trinajstić information content (AvgIpc) is 1.68. The number of carbonyl (C=O) groups is 5. The Balaban J connectivity index is 0.000000189. The van der Waals surface area contributed by atoms with Gasteiger partial charge in [0, 0.05) is 94.7 Å². The first-order valence-electron chi connectivity index (χ1n) is 30.6. The zero-order valence-electron chi connectivity index (χ0n) is 53.2. The van der Waals surface area contributed by atoms with Gasteiger partial charge in [0.05, 0.1) is 52.8 Å². The molecule has 4 fully saturated rings. The molecule has 2 aromatic carbocycles. The zero-order valence-corrected chi connectivity index (χ0v) is 53.2. The maximum absolute atomic E-state index is 13.3. The van der Waals surface area contributed by atoms with Crippen LogP contribution in [-0.2, 0) is 25.2 Å². The van der Waals surface area contributed by atoms with E-state index in [-0.39, 0.29) is 54.2 Å². The Morgan fingerprint density at radius 3 is 1.43 bits per heavy atom. The number of rotatable bonds is 12. The topological polar surface area (TPSA) is 270 Å². The highest BCUT2D eigenvalue weighted by atomic mass is 16.6. The van der Waals surface area contributed by atoms with Crippen LogP contribution < -0.4 is 20.4 Å². The summed E-state index contributed by atoms with van der Waals surface area (Å²) in [6.45, 7) is 14.1. The predicted octanol–water partition coefficient (Wildman–Crippen LogP) is 10.8. The number of nitrogens with zero attached hydrogens (tertiary/aromatic N) is 15. The van der Waals surface area contributed by atoms with Gasteiger partial charge in [-0.1, -0.05) is 24.3 Å². The van der Waals surface area contributed by atoms with Gasteiger partial charge in [0.15, 0.2) is 11.3 Å². The molecule has 0 spiro atoms. The average molecular weight is 1230 g/mol. The number of anilines is 6. The molecule has 468 valence electrons. The van der Waals surface area contributed by atoms with Crippen molar-refractivity contribution in [2.75, 3.05) is 61.7 Å². The van der Waals surface area contributed by atoms with Crippen molar-refractivity contribution in [2.45, 2.75) is 122 Å². The lowest BCUT2D eigenvalue weighted by molar-refractivity contribution is -0.120. The van der Waals surface area contributed by atoms with Crippen molar-refractivity contribution in [3.05, 3.63) is 132 Å². The van der Waals surface area contributed by atoms with E-state index in [2.05, 4.69) is 42.7 Å². The van der Waals surface area contributed by atoms with Crippen LogP contribution in [0.4, 0.5) is 39.7 Å². The van der Waals surface area contributed by atoms with Crippen molar-refractivity contribution >= 4 is 86.7 Å². The van der Waals surface area contributed by atoms with Gasteiger partial charge in [0.25, 0.3) is 11.8 Å². The van der Waals surface area contributed by atoms with E-state index < -0.39 is 16.4 Å². The first-order chi connectivity index (χ1) is 43.3. The Morgan fingerprint density at radius 2 is 0.989 bits per heavy atom. The molecule has 91 heavy (non-hydrogen) atoms. The van der Waals surface area contributed by atoms with E-state index in [0.717, 1.165) is 54.7 Å². The lowest BCUT2D eigenvalue weighted by atomic mass is 9.86. The van der Waals surface area contributed by atoms with Gasteiger partial charge in [-0.25, -0.2) is 24.7 Å². The maximum atomic E-state index is 13.3. The molecule has 4 unspecified atom stereocenters. The lowest BCUT2D eigenvalue weighted by Gasteiger charge is -2.31. The van der Waals surface area contributed by atoms with Gasteiger partial charge < -0.3 is 35.0 Å². The summed E-state index contributed by atoms with van der Waals surface area (Å²) in [6, 6.07) is 30.3. The highest BCUT2D eigenvalue weighted by Gasteiger charge is 2.45. The molecule has 9 heterocycles. The normalized spacial score (nSPS) is 18.2. The molecule has 4 aliphatic rings. The second-order valence-corrected chi connectivity index (χ2v) is 26.4. The van der Waals surface area contributed by atoms with Gasteiger partial charge in [-0.05, 0) is 164 Å². The number of hydrogen-bond acceptors (Lipinski definition) is 16. The van der Waals surface area contributed by atoms with Crippen molar-refractivity contribution < 1.29 is 28.7 Å². The van der Waals surface area contributed by atoms with Crippen LogP contribution in [0.25, 0.3) is 33.4 Å². The Kier molecular flexibility index (Phi) is 16.8. The molecule has 0 radical (unpaired) electrons. The molecule has 12 rings (SSSR count). The molecule has 23 nitrogen and oxygen atoms in total. The SMILES string of the molecule is CN(C)C(=O)c1cc2cnc(Nc3ccc(N4CC5CCC(CC4=O)C5)cn3)nc2n1-c1ccc(C(C)(C)C#N)cc1.CN(C)C(=O)c1cc2cnc(Nc3ccc(N4CC5CCC(CC4=O)N5C(=O)OC(C)(C)C)cn3)nc2n1-c1ccc(C(C)(C)C#N)cc1. The van der Waals surface area contributed by atoms with Gasteiger partial charge in [-0.2, -0.15) is 20.5 Å². The Labute approximate surface area is 528 Å².